The molecule has 4 aliphatic heterocycles. The first kappa shape index (κ1) is 14.4. The molecule has 0 radical (unpaired) electrons. The predicted molar refractivity (Wildman–Crippen MR) is 85.7 cm³/mol. The molecule has 0 aromatic heterocycles. The third kappa shape index (κ3) is 2.44. The molecule has 0 aliphatic carbocycles. The van der Waals surface area contributed by atoms with E-state index >= 15 is 0 Å². The molecule has 4 nitrogen and oxygen atoms in total. The zero-order valence-corrected chi connectivity index (χ0v) is 13.6. The molecule has 4 heteroatoms. The van der Waals surface area contributed by atoms with E-state index in [1.807, 2.05) is 0 Å². The number of likely N-dealkylation sites (tertiary alicyclic amines) is 2. The number of hydrogen-bond acceptors (Lipinski definition) is 4. The first-order valence-corrected chi connectivity index (χ1v) is 9.44. The molecule has 120 valence electrons. The molecule has 4 rings (SSSR count). The molecule has 0 saturated carbocycles. The van der Waals surface area contributed by atoms with Crippen LogP contribution >= 0.6 is 0 Å². The molecule has 0 aromatic rings. The van der Waals surface area contributed by atoms with Crippen LogP contribution in [0.3, 0.4) is 0 Å². The van der Waals surface area contributed by atoms with Gasteiger partial charge in [-0.1, -0.05) is 6.42 Å². The number of rotatable bonds is 3. The van der Waals surface area contributed by atoms with Gasteiger partial charge in [-0.2, -0.15) is 0 Å². The summed E-state index contributed by atoms with van der Waals surface area (Å²) < 4.78 is 0. The highest BCUT2D eigenvalue weighted by molar-refractivity contribution is 4.97. The van der Waals surface area contributed by atoms with Crippen LogP contribution < -0.4 is 0 Å². The Kier molecular flexibility index (Phi) is 4.23. The molecule has 4 fully saturated rings. The van der Waals surface area contributed by atoms with Crippen molar-refractivity contribution in [3.05, 3.63) is 0 Å². The normalized spacial score (nSPS) is 37.7. The molecule has 0 spiro atoms. The summed E-state index contributed by atoms with van der Waals surface area (Å²) in [5.41, 5.74) is 0. The average Bonchev–Trinajstić information content (AvgIpc) is 3.01. The van der Waals surface area contributed by atoms with E-state index < -0.39 is 0 Å². The summed E-state index contributed by atoms with van der Waals surface area (Å²) in [5, 5.41) is 5.57. The van der Waals surface area contributed by atoms with E-state index in [4.69, 9.17) is 0 Å². The zero-order chi connectivity index (χ0) is 14.1. The SMILES string of the molecule is C1CCN(N2CCCCC2(N2CCCC2)N2CCC2)CC1. The van der Waals surface area contributed by atoms with E-state index in [-0.39, 0.29) is 5.79 Å². The summed E-state index contributed by atoms with van der Waals surface area (Å²) in [6, 6.07) is 0. The highest BCUT2D eigenvalue weighted by Crippen LogP contribution is 2.41. The summed E-state index contributed by atoms with van der Waals surface area (Å²) >= 11 is 0. The molecular formula is C17H32N4. The predicted octanol–water partition coefficient (Wildman–Crippen LogP) is 2.33. The van der Waals surface area contributed by atoms with E-state index in [0.717, 1.165) is 0 Å². The summed E-state index contributed by atoms with van der Waals surface area (Å²) in [4.78, 5) is 5.66. The number of piperidine rings is 2. The Morgan fingerprint density at radius 3 is 1.67 bits per heavy atom. The lowest BCUT2D eigenvalue weighted by Crippen LogP contribution is -2.76. The van der Waals surface area contributed by atoms with E-state index in [0.29, 0.717) is 0 Å². The third-order valence-electron chi connectivity index (χ3n) is 6.19. The van der Waals surface area contributed by atoms with Crippen LogP contribution in [0.1, 0.15) is 57.8 Å². The van der Waals surface area contributed by atoms with Crippen LogP contribution in [0.2, 0.25) is 0 Å². The lowest BCUT2D eigenvalue weighted by Gasteiger charge is -2.62. The Morgan fingerprint density at radius 1 is 0.476 bits per heavy atom. The van der Waals surface area contributed by atoms with Crippen molar-refractivity contribution in [3.63, 3.8) is 0 Å². The number of hydrogen-bond donors (Lipinski definition) is 0. The highest BCUT2D eigenvalue weighted by Gasteiger charge is 2.52. The van der Waals surface area contributed by atoms with Gasteiger partial charge in [0.2, 0.25) is 0 Å². The minimum atomic E-state index is 0.254. The minimum absolute atomic E-state index is 0.254. The van der Waals surface area contributed by atoms with Gasteiger partial charge in [-0.25, -0.2) is 10.0 Å². The van der Waals surface area contributed by atoms with E-state index in [1.165, 1.54) is 104 Å². The largest absolute Gasteiger partial charge is 0.272 e. The van der Waals surface area contributed by atoms with Crippen LogP contribution in [0.15, 0.2) is 0 Å². The monoisotopic (exact) mass is 292 g/mol. The van der Waals surface area contributed by atoms with Gasteiger partial charge >= 0.3 is 0 Å². The van der Waals surface area contributed by atoms with Gasteiger partial charge in [0.25, 0.3) is 0 Å². The van der Waals surface area contributed by atoms with Gasteiger partial charge in [0.15, 0.2) is 0 Å². The first-order chi connectivity index (χ1) is 10.4. The Hall–Kier alpha value is -0.160. The molecule has 0 amide bonds. The van der Waals surface area contributed by atoms with Crippen LogP contribution in [0, 0.1) is 0 Å². The second-order valence-electron chi connectivity index (χ2n) is 7.40. The molecule has 0 aromatic carbocycles. The second kappa shape index (κ2) is 6.15. The van der Waals surface area contributed by atoms with Crippen molar-refractivity contribution in [2.75, 3.05) is 45.8 Å². The summed E-state index contributed by atoms with van der Waals surface area (Å²) in [6.07, 6.45) is 12.6. The van der Waals surface area contributed by atoms with Gasteiger partial charge in [0.05, 0.1) is 0 Å². The first-order valence-electron chi connectivity index (χ1n) is 9.44. The van der Waals surface area contributed by atoms with Gasteiger partial charge in [0.1, 0.15) is 5.79 Å². The Morgan fingerprint density at radius 2 is 1.05 bits per heavy atom. The van der Waals surface area contributed by atoms with Crippen molar-refractivity contribution in [1.29, 1.82) is 0 Å². The molecule has 1 atom stereocenters. The molecule has 4 heterocycles. The van der Waals surface area contributed by atoms with Crippen molar-refractivity contribution < 1.29 is 0 Å². The fourth-order valence-corrected chi connectivity index (χ4v) is 5.01. The Labute approximate surface area is 130 Å². The van der Waals surface area contributed by atoms with Gasteiger partial charge < -0.3 is 0 Å². The fourth-order valence-electron chi connectivity index (χ4n) is 5.01. The Bertz CT molecular complexity index is 345. The lowest BCUT2D eigenvalue weighted by molar-refractivity contribution is -0.276. The summed E-state index contributed by atoms with van der Waals surface area (Å²) in [7, 11) is 0. The molecular weight excluding hydrogens is 260 g/mol. The third-order valence-corrected chi connectivity index (χ3v) is 6.19. The molecule has 4 saturated heterocycles. The van der Waals surface area contributed by atoms with Crippen LogP contribution in [0.5, 0.6) is 0 Å². The lowest BCUT2D eigenvalue weighted by atomic mass is 9.97. The average molecular weight is 292 g/mol. The van der Waals surface area contributed by atoms with Gasteiger partial charge in [-0.3, -0.25) is 9.80 Å². The van der Waals surface area contributed by atoms with E-state index in [2.05, 4.69) is 19.8 Å². The zero-order valence-electron chi connectivity index (χ0n) is 13.6. The van der Waals surface area contributed by atoms with E-state index in [1.54, 1.807) is 0 Å². The molecule has 21 heavy (non-hydrogen) atoms. The van der Waals surface area contributed by atoms with Crippen LogP contribution in [-0.4, -0.2) is 71.4 Å². The maximum atomic E-state index is 2.85. The van der Waals surface area contributed by atoms with E-state index in [9.17, 15) is 0 Å². The molecule has 0 bridgehead atoms. The molecule has 0 N–H and O–H groups in total. The summed E-state index contributed by atoms with van der Waals surface area (Å²) in [5.74, 6) is 0.254. The summed E-state index contributed by atoms with van der Waals surface area (Å²) in [6.45, 7) is 9.16. The number of nitrogens with zero attached hydrogens (tertiary/aromatic N) is 4. The standard InChI is InChI=1S/C17H32N4/c1-3-14-20(15-4-1)21-16-5-2-9-17(21,19-12-8-13-19)18-10-6-7-11-18/h1-16H2. The van der Waals surface area contributed by atoms with Crippen molar-refractivity contribution in [2.45, 2.75) is 63.6 Å². The topological polar surface area (TPSA) is 13.0 Å². The Balaban J connectivity index is 1.63. The second-order valence-corrected chi connectivity index (χ2v) is 7.40. The van der Waals surface area contributed by atoms with Crippen molar-refractivity contribution in [1.82, 2.24) is 19.8 Å². The fraction of sp³-hybridized carbons (Fsp3) is 1.00. The van der Waals surface area contributed by atoms with Gasteiger partial charge in [-0.05, 0) is 51.4 Å². The highest BCUT2D eigenvalue weighted by atomic mass is 15.8. The van der Waals surface area contributed by atoms with Gasteiger partial charge in [0, 0.05) is 45.8 Å². The van der Waals surface area contributed by atoms with Gasteiger partial charge in [-0.15, -0.1) is 0 Å². The maximum Gasteiger partial charge on any atom is 0.143 e. The quantitative estimate of drug-likeness (QED) is 0.791. The molecule has 1 unspecified atom stereocenters. The van der Waals surface area contributed by atoms with Crippen molar-refractivity contribution >= 4 is 0 Å². The molecule has 4 aliphatic rings. The minimum Gasteiger partial charge on any atom is -0.272 e. The smallest absolute Gasteiger partial charge is 0.143 e. The van der Waals surface area contributed by atoms with Crippen LogP contribution in [-0.2, 0) is 0 Å². The van der Waals surface area contributed by atoms with Crippen molar-refractivity contribution in [2.24, 2.45) is 0 Å². The maximum absolute atomic E-state index is 2.85. The van der Waals surface area contributed by atoms with Crippen molar-refractivity contribution in [3.8, 4) is 0 Å². The van der Waals surface area contributed by atoms with Crippen LogP contribution in [0.25, 0.3) is 0 Å². The van der Waals surface area contributed by atoms with Crippen LogP contribution in [0.4, 0.5) is 0 Å². The number of hydrazine groups is 1.